The summed E-state index contributed by atoms with van der Waals surface area (Å²) >= 11 is 6.21. The van der Waals surface area contributed by atoms with Crippen molar-refractivity contribution in [1.82, 2.24) is 14.5 Å². The molecule has 0 atom stereocenters. The van der Waals surface area contributed by atoms with E-state index in [4.69, 9.17) is 16.3 Å². The fraction of sp³-hybridized carbons (Fsp3) is 0.423. The third-order valence-corrected chi connectivity index (χ3v) is 6.00. The maximum atomic E-state index is 12.8. The van der Waals surface area contributed by atoms with Crippen LogP contribution in [0.25, 0.3) is 11.0 Å². The lowest BCUT2D eigenvalue weighted by molar-refractivity contribution is 0.0249. The summed E-state index contributed by atoms with van der Waals surface area (Å²) in [6, 6.07) is 9.97. The predicted octanol–water partition coefficient (Wildman–Crippen LogP) is 5.06. The van der Waals surface area contributed by atoms with Crippen molar-refractivity contribution in [3.8, 4) is 5.75 Å². The number of phenolic OH excluding ortho intramolecular Hbond substituents is 1. The lowest BCUT2D eigenvalue weighted by Gasteiger charge is -2.27. The number of halogens is 1. The van der Waals surface area contributed by atoms with Crippen LogP contribution in [0.4, 0.5) is 4.79 Å². The molecule has 0 fully saturated rings. The van der Waals surface area contributed by atoms with Crippen LogP contribution in [0, 0.1) is 0 Å². The Morgan fingerprint density at radius 2 is 1.86 bits per heavy atom. The lowest BCUT2D eigenvalue weighted by atomic mass is 10.0. The second kappa shape index (κ2) is 11.0. The number of rotatable bonds is 9. The van der Waals surface area contributed by atoms with Crippen LogP contribution in [-0.2, 0) is 18.2 Å². The molecule has 0 saturated heterocycles. The number of aromatic amines is 1. The van der Waals surface area contributed by atoms with Gasteiger partial charge in [0, 0.05) is 37.1 Å². The standard InChI is InChI=1S/C26H32ClN3O5/c1-26(2,3)35-25(34)30(14-12-17-8-10-19(31)16-20(17)27)13-6-5-7-23(32)18-9-11-22-21(15-18)28-24(33)29(22)4/h8-11,15-16,31H,5-7,12-14H2,1-4H3,(H,28,33). The summed E-state index contributed by atoms with van der Waals surface area (Å²) in [4.78, 5) is 41.6. The van der Waals surface area contributed by atoms with Gasteiger partial charge in [0.25, 0.3) is 0 Å². The molecule has 0 radical (unpaired) electrons. The van der Waals surface area contributed by atoms with Crippen LogP contribution in [0.2, 0.25) is 5.02 Å². The summed E-state index contributed by atoms with van der Waals surface area (Å²) < 4.78 is 7.05. The Labute approximate surface area is 209 Å². The van der Waals surface area contributed by atoms with Crippen molar-refractivity contribution in [3.63, 3.8) is 0 Å². The molecule has 2 aromatic carbocycles. The number of amides is 1. The van der Waals surface area contributed by atoms with E-state index >= 15 is 0 Å². The Hall–Kier alpha value is -3.26. The van der Waals surface area contributed by atoms with E-state index in [-0.39, 0.29) is 17.2 Å². The van der Waals surface area contributed by atoms with Crippen molar-refractivity contribution in [3.05, 3.63) is 63.0 Å². The summed E-state index contributed by atoms with van der Waals surface area (Å²) in [5.74, 6) is 0.0708. The molecule has 9 heteroatoms. The number of carbonyl (C=O) groups is 2. The molecule has 35 heavy (non-hydrogen) atoms. The molecule has 0 saturated carbocycles. The number of imidazole rings is 1. The Bertz CT molecular complexity index is 1270. The van der Waals surface area contributed by atoms with Crippen molar-refractivity contribution >= 4 is 34.5 Å². The van der Waals surface area contributed by atoms with Gasteiger partial charge in [0.05, 0.1) is 11.0 Å². The normalized spacial score (nSPS) is 11.6. The first kappa shape index (κ1) is 26.3. The molecule has 0 unspecified atom stereocenters. The van der Waals surface area contributed by atoms with Crippen molar-refractivity contribution < 1.29 is 19.4 Å². The van der Waals surface area contributed by atoms with Crippen molar-refractivity contribution in [2.45, 2.75) is 52.1 Å². The van der Waals surface area contributed by atoms with Gasteiger partial charge in [-0.25, -0.2) is 9.59 Å². The van der Waals surface area contributed by atoms with Gasteiger partial charge in [-0.3, -0.25) is 9.36 Å². The zero-order chi connectivity index (χ0) is 25.8. The number of unbranched alkanes of at least 4 members (excludes halogenated alkanes) is 1. The molecular weight excluding hydrogens is 470 g/mol. The molecule has 8 nitrogen and oxygen atoms in total. The minimum Gasteiger partial charge on any atom is -0.508 e. The van der Waals surface area contributed by atoms with E-state index in [0.29, 0.717) is 54.9 Å². The molecule has 0 aliphatic heterocycles. The first-order chi connectivity index (χ1) is 16.4. The number of carbonyl (C=O) groups excluding carboxylic acids is 2. The van der Waals surface area contributed by atoms with Crippen molar-refractivity contribution in [1.29, 1.82) is 0 Å². The number of benzene rings is 2. The summed E-state index contributed by atoms with van der Waals surface area (Å²) in [6.07, 6.45) is 1.64. The highest BCUT2D eigenvalue weighted by atomic mass is 35.5. The summed E-state index contributed by atoms with van der Waals surface area (Å²) in [7, 11) is 1.68. The molecule has 0 aliphatic rings. The zero-order valence-electron chi connectivity index (χ0n) is 20.6. The van der Waals surface area contributed by atoms with Crippen LogP contribution in [0.1, 0.15) is 56.0 Å². The van der Waals surface area contributed by atoms with Crippen LogP contribution in [-0.4, -0.2) is 50.1 Å². The number of aromatic hydroxyl groups is 1. The molecule has 0 spiro atoms. The van der Waals surface area contributed by atoms with E-state index in [1.165, 1.54) is 10.6 Å². The Morgan fingerprint density at radius 1 is 1.11 bits per heavy atom. The minimum atomic E-state index is -0.626. The van der Waals surface area contributed by atoms with Gasteiger partial charge in [0.15, 0.2) is 5.78 Å². The molecule has 0 aliphatic carbocycles. The van der Waals surface area contributed by atoms with E-state index < -0.39 is 11.7 Å². The van der Waals surface area contributed by atoms with Gasteiger partial charge in [0.2, 0.25) is 0 Å². The largest absolute Gasteiger partial charge is 0.508 e. The van der Waals surface area contributed by atoms with Crippen molar-refractivity contribution in [2.75, 3.05) is 13.1 Å². The highest BCUT2D eigenvalue weighted by molar-refractivity contribution is 6.31. The number of ether oxygens (including phenoxy) is 1. The molecule has 3 rings (SSSR count). The first-order valence-electron chi connectivity index (χ1n) is 11.6. The molecule has 0 bridgehead atoms. The van der Waals surface area contributed by atoms with E-state index in [1.807, 2.05) is 20.8 Å². The number of nitrogens with one attached hydrogen (secondary N) is 1. The molecule has 3 aromatic rings. The Balaban J connectivity index is 1.58. The maximum absolute atomic E-state index is 12.8. The number of hydrogen-bond acceptors (Lipinski definition) is 5. The maximum Gasteiger partial charge on any atom is 0.410 e. The number of fused-ring (bicyclic) bond motifs is 1. The number of aryl methyl sites for hydroxylation is 1. The number of hydrogen-bond donors (Lipinski definition) is 2. The molecule has 1 heterocycles. The molecule has 188 valence electrons. The quantitative estimate of drug-likeness (QED) is 0.315. The first-order valence-corrected chi connectivity index (χ1v) is 12.0. The van der Waals surface area contributed by atoms with E-state index in [9.17, 15) is 19.5 Å². The molecule has 1 amide bonds. The van der Waals surface area contributed by atoms with Crippen LogP contribution in [0.5, 0.6) is 5.75 Å². The van der Waals surface area contributed by atoms with Gasteiger partial charge in [-0.1, -0.05) is 17.7 Å². The molecule has 1 aromatic heterocycles. The number of Topliss-reactive ketones (excluding diaryl/α,β-unsaturated/α-hetero) is 1. The lowest BCUT2D eigenvalue weighted by Crippen LogP contribution is -2.38. The van der Waals surface area contributed by atoms with Crippen LogP contribution in [0.15, 0.2) is 41.2 Å². The second-order valence-corrected chi connectivity index (χ2v) is 10.0. The fourth-order valence-corrected chi connectivity index (χ4v) is 4.03. The fourth-order valence-electron chi connectivity index (χ4n) is 3.76. The summed E-state index contributed by atoms with van der Waals surface area (Å²) in [5, 5.41) is 9.99. The van der Waals surface area contributed by atoms with Gasteiger partial charge < -0.3 is 19.7 Å². The van der Waals surface area contributed by atoms with Gasteiger partial charge >= 0.3 is 11.8 Å². The number of aromatic nitrogens is 2. The summed E-state index contributed by atoms with van der Waals surface area (Å²) in [6.45, 7) is 6.27. The number of nitrogens with zero attached hydrogens (tertiary/aromatic N) is 2. The predicted molar refractivity (Wildman–Crippen MR) is 136 cm³/mol. The number of phenols is 1. The monoisotopic (exact) mass is 501 g/mol. The van der Waals surface area contributed by atoms with Gasteiger partial charge in [-0.05, 0) is 75.9 Å². The van der Waals surface area contributed by atoms with Crippen molar-refractivity contribution in [2.24, 2.45) is 7.05 Å². The Morgan fingerprint density at radius 3 is 2.54 bits per heavy atom. The summed E-state index contributed by atoms with van der Waals surface area (Å²) in [5.41, 5.74) is 1.90. The molecule has 2 N–H and O–H groups in total. The van der Waals surface area contributed by atoms with Gasteiger partial charge in [0.1, 0.15) is 11.4 Å². The second-order valence-electron chi connectivity index (χ2n) is 9.59. The number of H-pyrrole nitrogens is 1. The average Bonchev–Trinajstić information content (AvgIpc) is 3.05. The van der Waals surface area contributed by atoms with Gasteiger partial charge in [-0.15, -0.1) is 0 Å². The topological polar surface area (TPSA) is 105 Å². The van der Waals surface area contributed by atoms with Gasteiger partial charge in [-0.2, -0.15) is 0 Å². The SMILES string of the molecule is Cn1c(=O)[nH]c2cc(C(=O)CCCCN(CCc3ccc(O)cc3Cl)C(=O)OC(C)(C)C)ccc21. The third-order valence-electron chi connectivity index (χ3n) is 5.65. The smallest absolute Gasteiger partial charge is 0.410 e. The average molecular weight is 502 g/mol. The third kappa shape index (κ3) is 7.11. The van der Waals surface area contributed by atoms with E-state index in [0.717, 1.165) is 11.1 Å². The highest BCUT2D eigenvalue weighted by Gasteiger charge is 2.22. The number of ketones is 1. The van der Waals surface area contributed by atoms with Crippen LogP contribution in [0.3, 0.4) is 0 Å². The van der Waals surface area contributed by atoms with Crippen LogP contribution >= 0.6 is 11.6 Å². The van der Waals surface area contributed by atoms with E-state index in [2.05, 4.69) is 4.98 Å². The highest BCUT2D eigenvalue weighted by Crippen LogP contribution is 2.23. The molecular formula is C26H32ClN3O5. The zero-order valence-corrected chi connectivity index (χ0v) is 21.3. The van der Waals surface area contributed by atoms with Crippen LogP contribution < -0.4 is 5.69 Å². The van der Waals surface area contributed by atoms with E-state index in [1.54, 1.807) is 42.3 Å². The Kier molecular flexibility index (Phi) is 8.27. The minimum absolute atomic E-state index is 0.0173.